The van der Waals surface area contributed by atoms with Gasteiger partial charge in [0.15, 0.2) is 12.1 Å². The molecule has 2 N–H and O–H groups in total. The second-order valence-electron chi connectivity index (χ2n) is 6.88. The highest BCUT2D eigenvalue weighted by molar-refractivity contribution is 8.00. The molecule has 0 spiro atoms. The number of ether oxygens (including phenoxy) is 1. The van der Waals surface area contributed by atoms with E-state index in [4.69, 9.17) is 4.74 Å². The van der Waals surface area contributed by atoms with E-state index in [0.29, 0.717) is 6.41 Å². The third-order valence-electron chi connectivity index (χ3n) is 5.11. The molecular weight excluding hydrogens is 392 g/mol. The minimum Gasteiger partial charge on any atom is -0.451 e. The van der Waals surface area contributed by atoms with Gasteiger partial charge in [0.05, 0.1) is 6.10 Å². The predicted octanol–water partition coefficient (Wildman–Crippen LogP) is 1.08. The Morgan fingerprint density at radius 1 is 1.14 bits per heavy atom. The summed E-state index contributed by atoms with van der Waals surface area (Å²) in [4.78, 5) is 37.6. The van der Waals surface area contributed by atoms with Crippen molar-refractivity contribution in [1.82, 2.24) is 10.2 Å². The van der Waals surface area contributed by atoms with Crippen molar-refractivity contribution in [2.45, 2.75) is 29.7 Å². The predicted molar refractivity (Wildman–Crippen MR) is 107 cm³/mol. The van der Waals surface area contributed by atoms with E-state index in [1.807, 2.05) is 60.7 Å². The number of hydrogen-bond donors (Lipinski definition) is 2. The monoisotopic (exact) mass is 412 g/mol. The van der Waals surface area contributed by atoms with Gasteiger partial charge in [-0.15, -0.1) is 11.8 Å². The molecule has 4 rings (SSSR count). The number of nitrogens with zero attached hydrogens (tertiary/aromatic N) is 1. The molecule has 2 aromatic rings. The van der Waals surface area contributed by atoms with Crippen molar-refractivity contribution in [3.63, 3.8) is 0 Å². The average Bonchev–Trinajstić information content (AvgIpc) is 2.76. The molecule has 150 valence electrons. The fourth-order valence-electron chi connectivity index (χ4n) is 3.70. The van der Waals surface area contributed by atoms with Gasteiger partial charge in [0.2, 0.25) is 12.3 Å². The molecule has 0 unspecified atom stereocenters. The lowest BCUT2D eigenvalue weighted by Gasteiger charge is -2.53. The van der Waals surface area contributed by atoms with Crippen molar-refractivity contribution in [1.29, 1.82) is 0 Å². The zero-order valence-electron chi connectivity index (χ0n) is 15.4. The number of aliphatic hydroxyl groups excluding tert-OH is 1. The first-order valence-electron chi connectivity index (χ1n) is 9.23. The zero-order chi connectivity index (χ0) is 20.4. The van der Waals surface area contributed by atoms with Crippen LogP contribution in [0.5, 0.6) is 0 Å². The molecule has 0 bridgehead atoms. The molecule has 2 aliphatic heterocycles. The van der Waals surface area contributed by atoms with Crippen LogP contribution >= 0.6 is 11.8 Å². The maximum Gasteiger partial charge on any atom is 0.332 e. The van der Waals surface area contributed by atoms with E-state index in [2.05, 4.69) is 5.32 Å². The fourth-order valence-corrected chi connectivity index (χ4v) is 5.06. The SMILES string of the molecule is O=CN[C@@H]1C(=O)N2[C@@H]1SC[C@@H](O)[C@@H]2C(=O)OC(c1ccccc1)c1ccccc1. The quantitative estimate of drug-likeness (QED) is 0.419. The van der Waals surface area contributed by atoms with Crippen LogP contribution in [-0.2, 0) is 19.1 Å². The molecule has 0 radical (unpaired) electrons. The Bertz CT molecular complexity index is 855. The smallest absolute Gasteiger partial charge is 0.332 e. The van der Waals surface area contributed by atoms with Crippen LogP contribution in [0.1, 0.15) is 17.2 Å². The van der Waals surface area contributed by atoms with Gasteiger partial charge in [-0.25, -0.2) is 4.79 Å². The zero-order valence-corrected chi connectivity index (χ0v) is 16.2. The molecule has 2 fully saturated rings. The van der Waals surface area contributed by atoms with Gasteiger partial charge in [-0.05, 0) is 11.1 Å². The number of amides is 2. The van der Waals surface area contributed by atoms with Gasteiger partial charge >= 0.3 is 5.97 Å². The largest absolute Gasteiger partial charge is 0.451 e. The summed E-state index contributed by atoms with van der Waals surface area (Å²) in [5.74, 6) is -0.795. The number of thioether (sulfide) groups is 1. The third-order valence-corrected chi connectivity index (χ3v) is 6.48. The number of rotatable bonds is 6. The van der Waals surface area contributed by atoms with E-state index in [9.17, 15) is 19.5 Å². The fraction of sp³-hybridized carbons (Fsp3) is 0.286. The van der Waals surface area contributed by atoms with Crippen LogP contribution in [0.25, 0.3) is 0 Å². The second kappa shape index (κ2) is 8.26. The number of esters is 1. The Balaban J connectivity index is 1.59. The van der Waals surface area contributed by atoms with Crippen molar-refractivity contribution in [2.75, 3.05) is 5.75 Å². The number of aliphatic hydroxyl groups is 1. The summed E-state index contributed by atoms with van der Waals surface area (Å²) >= 11 is 1.33. The molecule has 2 aliphatic rings. The number of hydrogen-bond acceptors (Lipinski definition) is 6. The summed E-state index contributed by atoms with van der Waals surface area (Å²) in [6.45, 7) is 0. The molecule has 2 saturated heterocycles. The first-order valence-corrected chi connectivity index (χ1v) is 10.3. The molecular formula is C21H20N2O5S. The van der Waals surface area contributed by atoms with Gasteiger partial charge in [-0.1, -0.05) is 60.7 Å². The Morgan fingerprint density at radius 2 is 1.72 bits per heavy atom. The lowest BCUT2D eigenvalue weighted by molar-refractivity contribution is -0.173. The maximum absolute atomic E-state index is 13.1. The standard InChI is InChI=1S/C21H20N2O5S/c24-12-22-16-19(26)23-17(15(25)11-29-20(16)23)21(27)28-18(13-7-3-1-4-8-13)14-9-5-2-6-10-14/h1-10,12,15-18,20,25H,11H2,(H,22,24)/t15-,16-,17-,20-/m1/s1. The van der Waals surface area contributed by atoms with Crippen LogP contribution in [0.4, 0.5) is 0 Å². The van der Waals surface area contributed by atoms with Gasteiger partial charge in [-0.2, -0.15) is 0 Å². The number of carbonyl (C=O) groups is 3. The normalized spacial score (nSPS) is 25.7. The van der Waals surface area contributed by atoms with E-state index in [-0.39, 0.29) is 11.1 Å². The molecule has 29 heavy (non-hydrogen) atoms. The highest BCUT2D eigenvalue weighted by Gasteiger charge is 2.57. The second-order valence-corrected chi connectivity index (χ2v) is 8.03. The summed E-state index contributed by atoms with van der Waals surface area (Å²) in [5.41, 5.74) is 1.58. The van der Waals surface area contributed by atoms with Crippen LogP contribution in [-0.4, -0.2) is 57.6 Å². The average molecular weight is 412 g/mol. The molecule has 7 nitrogen and oxygen atoms in total. The third kappa shape index (κ3) is 3.61. The Kier molecular flexibility index (Phi) is 5.55. The van der Waals surface area contributed by atoms with E-state index in [0.717, 1.165) is 11.1 Å². The van der Waals surface area contributed by atoms with Gasteiger partial charge in [-0.3, -0.25) is 9.59 Å². The highest BCUT2D eigenvalue weighted by atomic mass is 32.2. The molecule has 0 aliphatic carbocycles. The summed E-state index contributed by atoms with van der Waals surface area (Å²) in [5, 5.41) is 12.5. The molecule has 0 saturated carbocycles. The minimum atomic E-state index is -1.10. The van der Waals surface area contributed by atoms with E-state index >= 15 is 0 Å². The summed E-state index contributed by atoms with van der Waals surface area (Å²) < 4.78 is 5.84. The highest BCUT2D eigenvalue weighted by Crippen LogP contribution is 2.39. The number of fused-ring (bicyclic) bond motifs is 1. The van der Waals surface area contributed by atoms with Gasteiger partial charge < -0.3 is 20.1 Å². The minimum absolute atomic E-state index is 0.270. The molecule has 0 aromatic heterocycles. The van der Waals surface area contributed by atoms with Crippen molar-refractivity contribution >= 4 is 30.0 Å². The van der Waals surface area contributed by atoms with Gasteiger partial charge in [0.25, 0.3) is 0 Å². The summed E-state index contributed by atoms with van der Waals surface area (Å²) in [7, 11) is 0. The van der Waals surface area contributed by atoms with Gasteiger partial charge in [0.1, 0.15) is 11.4 Å². The first kappa shape index (κ1) is 19.5. The molecule has 2 aromatic carbocycles. The van der Waals surface area contributed by atoms with Gasteiger partial charge in [0, 0.05) is 5.75 Å². The first-order chi connectivity index (χ1) is 14.1. The van der Waals surface area contributed by atoms with E-state index in [1.165, 1.54) is 16.7 Å². The van der Waals surface area contributed by atoms with E-state index in [1.54, 1.807) is 0 Å². The number of carbonyl (C=O) groups excluding carboxylic acids is 3. The lowest BCUT2D eigenvalue weighted by Crippen LogP contribution is -2.76. The molecule has 2 heterocycles. The number of nitrogens with one attached hydrogen (secondary N) is 1. The van der Waals surface area contributed by atoms with Crippen molar-refractivity contribution in [2.24, 2.45) is 0 Å². The summed E-state index contributed by atoms with van der Waals surface area (Å²) in [6.07, 6.45) is -1.23. The topological polar surface area (TPSA) is 95.9 Å². The number of benzene rings is 2. The van der Waals surface area contributed by atoms with Crippen LogP contribution < -0.4 is 5.32 Å². The van der Waals surface area contributed by atoms with Crippen molar-refractivity contribution in [3.8, 4) is 0 Å². The van der Waals surface area contributed by atoms with Crippen molar-refractivity contribution in [3.05, 3.63) is 71.8 Å². The molecule has 8 heteroatoms. The summed E-state index contributed by atoms with van der Waals surface area (Å²) in [6, 6.07) is 16.8. The maximum atomic E-state index is 13.1. The van der Waals surface area contributed by atoms with Crippen LogP contribution in [0.15, 0.2) is 60.7 Å². The van der Waals surface area contributed by atoms with Crippen molar-refractivity contribution < 1.29 is 24.2 Å². The van der Waals surface area contributed by atoms with Crippen LogP contribution in [0.3, 0.4) is 0 Å². The van der Waals surface area contributed by atoms with Crippen LogP contribution in [0, 0.1) is 0 Å². The number of β-lactam (4-membered cyclic amide) rings is 1. The Labute approximate surface area is 172 Å². The molecule has 4 atom stereocenters. The van der Waals surface area contributed by atoms with Crippen LogP contribution in [0.2, 0.25) is 0 Å². The lowest BCUT2D eigenvalue weighted by atomic mass is 9.98. The Hall–Kier alpha value is -2.84. The van der Waals surface area contributed by atoms with E-state index < -0.39 is 36.2 Å². The Morgan fingerprint density at radius 3 is 2.28 bits per heavy atom. The molecule has 2 amide bonds.